The summed E-state index contributed by atoms with van der Waals surface area (Å²) in [4.78, 5) is 15.3. The first-order valence-corrected chi connectivity index (χ1v) is 9.21. The van der Waals surface area contributed by atoms with E-state index in [2.05, 4.69) is 18.8 Å². The number of benzene rings is 1. The molecule has 2 rings (SSSR count). The molecule has 1 aromatic heterocycles. The van der Waals surface area contributed by atoms with E-state index in [9.17, 15) is 4.79 Å². The number of aromatic amines is 1. The maximum absolute atomic E-state index is 12.4. The molecule has 1 N–H and O–H groups in total. The van der Waals surface area contributed by atoms with Crippen LogP contribution >= 0.6 is 11.6 Å². The van der Waals surface area contributed by atoms with Crippen LogP contribution in [0.25, 0.3) is 5.76 Å². The molecule has 0 fully saturated rings. The molecule has 0 atom stereocenters. The summed E-state index contributed by atoms with van der Waals surface area (Å²) < 4.78 is 5.76. The lowest BCUT2D eigenvalue weighted by molar-refractivity contribution is 0.296. The summed E-state index contributed by atoms with van der Waals surface area (Å²) in [6.07, 6.45) is 4.35. The van der Waals surface area contributed by atoms with E-state index >= 15 is 0 Å². The molecule has 0 saturated carbocycles. The Morgan fingerprint density at radius 2 is 1.96 bits per heavy atom. The van der Waals surface area contributed by atoms with Crippen LogP contribution in [0.4, 0.5) is 0 Å². The second-order valence-corrected chi connectivity index (χ2v) is 6.44. The Hall–Kier alpha value is -2.00. The van der Waals surface area contributed by atoms with Gasteiger partial charge in [-0.05, 0) is 56.0 Å². The number of nitrogens with one attached hydrogen (secondary N) is 1. The first-order chi connectivity index (χ1) is 12.0. The number of H-pyrrole nitrogens is 1. The Kier molecular flexibility index (Phi) is 6.89. The Morgan fingerprint density at radius 1 is 1.20 bits per heavy atom. The normalized spacial score (nSPS) is 11.6. The van der Waals surface area contributed by atoms with E-state index in [1.54, 1.807) is 0 Å². The molecule has 0 aliphatic heterocycles. The predicted molar refractivity (Wildman–Crippen MR) is 105 cm³/mol. The molecule has 0 saturated heterocycles. The molecule has 134 valence electrons. The number of hydrogen-bond acceptors (Lipinski definition) is 2. The summed E-state index contributed by atoms with van der Waals surface area (Å²) in [7, 11) is 0. The highest BCUT2D eigenvalue weighted by molar-refractivity contribution is 6.31. The lowest BCUT2D eigenvalue weighted by Crippen LogP contribution is -2.16. The van der Waals surface area contributed by atoms with Gasteiger partial charge in [0.2, 0.25) is 0 Å². The maximum atomic E-state index is 12.4. The van der Waals surface area contributed by atoms with Crippen molar-refractivity contribution >= 4 is 17.4 Å². The highest BCUT2D eigenvalue weighted by atomic mass is 35.5. The summed E-state index contributed by atoms with van der Waals surface area (Å²) in [5, 5.41) is 0.754. The molecule has 2 aromatic rings. The third kappa shape index (κ3) is 4.76. The molecule has 4 heteroatoms. The fourth-order valence-corrected chi connectivity index (χ4v) is 3.18. The minimum atomic E-state index is -0.0655. The van der Waals surface area contributed by atoms with Gasteiger partial charge < -0.3 is 9.72 Å². The summed E-state index contributed by atoms with van der Waals surface area (Å²) in [5.41, 5.74) is 4.55. The first kappa shape index (κ1) is 19.3. The van der Waals surface area contributed by atoms with E-state index in [-0.39, 0.29) is 5.56 Å². The molecule has 0 aliphatic carbocycles. The van der Waals surface area contributed by atoms with Crippen LogP contribution in [-0.2, 0) is 17.6 Å². The lowest BCUT2D eigenvalue weighted by Gasteiger charge is -2.13. The van der Waals surface area contributed by atoms with Gasteiger partial charge in [0.05, 0.1) is 6.61 Å². The molecule has 0 radical (unpaired) electrons. The zero-order valence-corrected chi connectivity index (χ0v) is 16.2. The van der Waals surface area contributed by atoms with Crippen molar-refractivity contribution in [1.29, 1.82) is 0 Å². The van der Waals surface area contributed by atoms with Crippen molar-refractivity contribution in [3.8, 4) is 0 Å². The number of ether oxygens (including phenoxy) is 1. The summed E-state index contributed by atoms with van der Waals surface area (Å²) in [6.45, 7) is 8.60. The molecular weight excluding hydrogens is 334 g/mol. The third-order valence-corrected chi connectivity index (χ3v) is 4.51. The monoisotopic (exact) mass is 359 g/mol. The van der Waals surface area contributed by atoms with E-state index in [4.69, 9.17) is 16.3 Å². The maximum Gasteiger partial charge on any atom is 0.251 e. The number of pyridine rings is 1. The fourth-order valence-electron chi connectivity index (χ4n) is 2.85. The van der Waals surface area contributed by atoms with Crippen molar-refractivity contribution in [2.24, 2.45) is 0 Å². The standard InChI is InChI=1S/C21H26ClNO2/c1-5-8-20(25-7-3)18-13-17(21(24)23-14(18)4)11-15-9-10-16(6-2)19(22)12-15/h8-10,12-13H,5-7,11H2,1-4H3,(H,23,24)/b20-8+. The van der Waals surface area contributed by atoms with Crippen molar-refractivity contribution in [1.82, 2.24) is 4.98 Å². The topological polar surface area (TPSA) is 42.1 Å². The quantitative estimate of drug-likeness (QED) is 0.683. The summed E-state index contributed by atoms with van der Waals surface area (Å²) >= 11 is 6.31. The number of aromatic nitrogens is 1. The Balaban J connectivity index is 2.41. The minimum absolute atomic E-state index is 0.0655. The number of aryl methyl sites for hydroxylation is 2. The number of halogens is 1. The summed E-state index contributed by atoms with van der Waals surface area (Å²) in [5.74, 6) is 0.819. The van der Waals surface area contributed by atoms with Gasteiger partial charge in [0, 0.05) is 28.3 Å². The summed E-state index contributed by atoms with van der Waals surface area (Å²) in [6, 6.07) is 7.95. The smallest absolute Gasteiger partial charge is 0.251 e. The van der Waals surface area contributed by atoms with E-state index < -0.39 is 0 Å². The van der Waals surface area contributed by atoms with Crippen molar-refractivity contribution < 1.29 is 4.74 Å². The molecule has 25 heavy (non-hydrogen) atoms. The van der Waals surface area contributed by atoms with Crippen LogP contribution in [0, 0.1) is 6.92 Å². The van der Waals surface area contributed by atoms with Gasteiger partial charge in [-0.25, -0.2) is 0 Å². The van der Waals surface area contributed by atoms with Crippen LogP contribution in [-0.4, -0.2) is 11.6 Å². The number of allylic oxidation sites excluding steroid dienone is 1. The molecule has 0 bridgehead atoms. The Morgan fingerprint density at radius 3 is 2.56 bits per heavy atom. The largest absolute Gasteiger partial charge is 0.494 e. The first-order valence-electron chi connectivity index (χ1n) is 8.83. The van der Waals surface area contributed by atoms with Crippen molar-refractivity contribution in [2.45, 2.75) is 47.0 Å². The second-order valence-electron chi connectivity index (χ2n) is 6.03. The molecule has 1 aromatic carbocycles. The van der Waals surface area contributed by atoms with Gasteiger partial charge in [0.1, 0.15) is 5.76 Å². The Bertz CT molecular complexity index is 821. The second kappa shape index (κ2) is 8.91. The third-order valence-electron chi connectivity index (χ3n) is 4.16. The zero-order valence-electron chi connectivity index (χ0n) is 15.4. The highest BCUT2D eigenvalue weighted by Crippen LogP contribution is 2.23. The van der Waals surface area contributed by atoms with Gasteiger partial charge in [-0.1, -0.05) is 37.6 Å². The predicted octanol–water partition coefficient (Wildman–Crippen LogP) is 5.28. The fraction of sp³-hybridized carbons (Fsp3) is 0.381. The zero-order chi connectivity index (χ0) is 18.4. The van der Waals surface area contributed by atoms with Gasteiger partial charge >= 0.3 is 0 Å². The number of rotatable bonds is 7. The molecule has 0 spiro atoms. The van der Waals surface area contributed by atoms with E-state index in [1.807, 2.05) is 44.2 Å². The van der Waals surface area contributed by atoms with Crippen LogP contribution in [0.5, 0.6) is 0 Å². The van der Waals surface area contributed by atoms with Crippen LogP contribution < -0.4 is 5.56 Å². The highest BCUT2D eigenvalue weighted by Gasteiger charge is 2.12. The van der Waals surface area contributed by atoms with Gasteiger partial charge in [0.15, 0.2) is 0 Å². The minimum Gasteiger partial charge on any atom is -0.494 e. The molecule has 0 aliphatic rings. The van der Waals surface area contributed by atoms with E-state index in [0.29, 0.717) is 18.6 Å². The van der Waals surface area contributed by atoms with Crippen LogP contribution in [0.2, 0.25) is 5.02 Å². The van der Waals surface area contributed by atoms with E-state index in [1.165, 1.54) is 0 Å². The van der Waals surface area contributed by atoms with Crippen molar-refractivity contribution in [3.05, 3.63) is 73.7 Å². The SMILES string of the molecule is CC/C=C(/OCC)c1cc(Cc2ccc(CC)c(Cl)c2)c(=O)[nH]c1C. The number of hydrogen-bond donors (Lipinski definition) is 1. The van der Waals surface area contributed by atoms with Crippen LogP contribution in [0.1, 0.15) is 55.1 Å². The van der Waals surface area contributed by atoms with E-state index in [0.717, 1.165) is 46.0 Å². The average Bonchev–Trinajstić information content (AvgIpc) is 2.57. The van der Waals surface area contributed by atoms with Crippen LogP contribution in [0.3, 0.4) is 0 Å². The lowest BCUT2D eigenvalue weighted by atomic mass is 10.0. The van der Waals surface area contributed by atoms with Gasteiger partial charge in [-0.15, -0.1) is 0 Å². The van der Waals surface area contributed by atoms with Gasteiger partial charge in [-0.2, -0.15) is 0 Å². The molecule has 0 amide bonds. The molecular formula is C21H26ClNO2. The molecule has 1 heterocycles. The van der Waals surface area contributed by atoms with Crippen molar-refractivity contribution in [3.63, 3.8) is 0 Å². The van der Waals surface area contributed by atoms with Crippen LogP contribution in [0.15, 0.2) is 35.1 Å². The van der Waals surface area contributed by atoms with Gasteiger partial charge in [-0.3, -0.25) is 4.79 Å². The Labute approximate surface area is 154 Å². The molecule has 0 unspecified atom stereocenters. The average molecular weight is 360 g/mol. The van der Waals surface area contributed by atoms with Crippen molar-refractivity contribution in [2.75, 3.05) is 6.61 Å². The van der Waals surface area contributed by atoms with Gasteiger partial charge in [0.25, 0.3) is 5.56 Å². The molecule has 3 nitrogen and oxygen atoms in total.